The van der Waals surface area contributed by atoms with E-state index in [1.165, 1.54) is 12.1 Å². The van der Waals surface area contributed by atoms with Crippen LogP contribution in [0.5, 0.6) is 11.5 Å². The molecule has 0 atom stereocenters. The van der Waals surface area contributed by atoms with E-state index in [1.54, 1.807) is 6.07 Å². The first-order valence-corrected chi connectivity index (χ1v) is 5.90. The lowest BCUT2D eigenvalue weighted by molar-refractivity contribution is 0.471. The summed E-state index contributed by atoms with van der Waals surface area (Å²) in [6.45, 7) is 2.35. The van der Waals surface area contributed by atoms with Crippen molar-refractivity contribution in [2.45, 2.75) is 13.5 Å². The third-order valence-corrected chi connectivity index (χ3v) is 2.86. The Balaban J connectivity index is 2.30. The van der Waals surface area contributed by atoms with Crippen LogP contribution in [0, 0.1) is 12.7 Å². The predicted molar refractivity (Wildman–Crippen MR) is 70.6 cm³/mol. The summed E-state index contributed by atoms with van der Waals surface area (Å²) < 4.78 is 18.9. The van der Waals surface area contributed by atoms with Gasteiger partial charge in [-0.3, -0.25) is 0 Å². The van der Waals surface area contributed by atoms with Crippen molar-refractivity contribution in [3.63, 3.8) is 0 Å². The van der Waals surface area contributed by atoms with Crippen LogP contribution in [-0.2, 0) is 6.54 Å². The third kappa shape index (κ3) is 2.81. The zero-order valence-electron chi connectivity index (χ0n) is 9.91. The Labute approximate surface area is 110 Å². The minimum Gasteiger partial charge on any atom is -0.457 e. The summed E-state index contributed by atoms with van der Waals surface area (Å²) >= 11 is 5.61. The summed E-state index contributed by atoms with van der Waals surface area (Å²) in [5.74, 6) is 0.524. The maximum atomic E-state index is 13.3. The quantitative estimate of drug-likeness (QED) is 0.909. The van der Waals surface area contributed by atoms with E-state index in [9.17, 15) is 4.39 Å². The van der Waals surface area contributed by atoms with Crippen molar-refractivity contribution in [3.05, 3.63) is 58.4 Å². The van der Waals surface area contributed by atoms with Crippen LogP contribution in [0.2, 0.25) is 5.02 Å². The Morgan fingerprint density at radius 2 is 2.00 bits per heavy atom. The second-order valence-electron chi connectivity index (χ2n) is 3.99. The van der Waals surface area contributed by atoms with Crippen molar-refractivity contribution in [3.8, 4) is 11.5 Å². The summed E-state index contributed by atoms with van der Waals surface area (Å²) in [7, 11) is 0. The lowest BCUT2D eigenvalue weighted by Crippen LogP contribution is -2.00. The van der Waals surface area contributed by atoms with Gasteiger partial charge in [-0.2, -0.15) is 0 Å². The normalized spacial score (nSPS) is 10.4. The lowest BCUT2D eigenvalue weighted by Gasteiger charge is -2.11. The molecule has 2 N–H and O–H groups in total. The first-order valence-electron chi connectivity index (χ1n) is 5.52. The fourth-order valence-electron chi connectivity index (χ4n) is 1.63. The maximum absolute atomic E-state index is 13.3. The summed E-state index contributed by atoms with van der Waals surface area (Å²) in [5.41, 5.74) is 7.63. The van der Waals surface area contributed by atoms with E-state index in [1.807, 2.05) is 25.1 Å². The van der Waals surface area contributed by atoms with Gasteiger partial charge in [0.2, 0.25) is 0 Å². The van der Waals surface area contributed by atoms with Crippen LogP contribution in [0.1, 0.15) is 11.1 Å². The SMILES string of the molecule is Cc1ccc(Oc2ccc(Cl)c(F)c2)c(CN)c1. The number of hydrogen-bond acceptors (Lipinski definition) is 2. The molecule has 0 spiro atoms. The van der Waals surface area contributed by atoms with Crippen molar-refractivity contribution in [1.82, 2.24) is 0 Å². The van der Waals surface area contributed by atoms with Gasteiger partial charge in [-0.15, -0.1) is 0 Å². The molecule has 0 heterocycles. The molecule has 0 amide bonds. The number of benzene rings is 2. The van der Waals surface area contributed by atoms with Crippen LogP contribution in [-0.4, -0.2) is 0 Å². The molecule has 0 unspecified atom stereocenters. The number of halogens is 2. The van der Waals surface area contributed by atoms with E-state index in [4.69, 9.17) is 22.1 Å². The molecule has 0 bridgehead atoms. The van der Waals surface area contributed by atoms with E-state index in [0.29, 0.717) is 18.0 Å². The molecule has 18 heavy (non-hydrogen) atoms. The zero-order chi connectivity index (χ0) is 13.1. The highest BCUT2D eigenvalue weighted by molar-refractivity contribution is 6.30. The van der Waals surface area contributed by atoms with Gasteiger partial charge in [0.25, 0.3) is 0 Å². The molecule has 0 saturated heterocycles. The molecule has 0 aliphatic heterocycles. The van der Waals surface area contributed by atoms with Crippen LogP contribution in [0.3, 0.4) is 0 Å². The van der Waals surface area contributed by atoms with Crippen LogP contribution in [0.25, 0.3) is 0 Å². The molecule has 0 aliphatic rings. The fourth-order valence-corrected chi connectivity index (χ4v) is 1.75. The van der Waals surface area contributed by atoms with Crippen LogP contribution in [0.4, 0.5) is 4.39 Å². The van der Waals surface area contributed by atoms with E-state index in [2.05, 4.69) is 0 Å². The second kappa shape index (κ2) is 5.38. The monoisotopic (exact) mass is 265 g/mol. The van der Waals surface area contributed by atoms with Crippen molar-refractivity contribution in [1.29, 1.82) is 0 Å². The lowest BCUT2D eigenvalue weighted by atomic mass is 10.1. The molecule has 0 aromatic heterocycles. The number of rotatable bonds is 3. The van der Waals surface area contributed by atoms with Crippen LogP contribution >= 0.6 is 11.6 Å². The first kappa shape index (κ1) is 12.9. The van der Waals surface area contributed by atoms with Gasteiger partial charge < -0.3 is 10.5 Å². The van der Waals surface area contributed by atoms with Gasteiger partial charge in [0.15, 0.2) is 0 Å². The highest BCUT2D eigenvalue weighted by Crippen LogP contribution is 2.28. The van der Waals surface area contributed by atoms with Gasteiger partial charge in [0, 0.05) is 18.2 Å². The molecular formula is C14H13ClFNO. The Morgan fingerprint density at radius 1 is 1.22 bits per heavy atom. The minimum atomic E-state index is -0.504. The summed E-state index contributed by atoms with van der Waals surface area (Å²) in [5, 5.41) is 0.0744. The molecule has 2 aromatic carbocycles. The topological polar surface area (TPSA) is 35.2 Å². The van der Waals surface area contributed by atoms with Gasteiger partial charge in [0.1, 0.15) is 17.3 Å². The van der Waals surface area contributed by atoms with Crippen molar-refractivity contribution in [2.75, 3.05) is 0 Å². The number of nitrogens with two attached hydrogens (primary N) is 1. The Morgan fingerprint density at radius 3 is 2.67 bits per heavy atom. The molecule has 0 aliphatic carbocycles. The average molecular weight is 266 g/mol. The number of ether oxygens (including phenoxy) is 1. The van der Waals surface area contributed by atoms with Gasteiger partial charge in [-0.25, -0.2) is 4.39 Å². The molecule has 0 radical (unpaired) electrons. The molecule has 2 aromatic rings. The maximum Gasteiger partial charge on any atom is 0.145 e. The minimum absolute atomic E-state index is 0.0744. The largest absolute Gasteiger partial charge is 0.457 e. The third-order valence-electron chi connectivity index (χ3n) is 2.55. The second-order valence-corrected chi connectivity index (χ2v) is 4.40. The first-order chi connectivity index (χ1) is 8.60. The standard InChI is InChI=1S/C14H13ClFNO/c1-9-2-5-14(10(6-9)8-17)18-11-3-4-12(15)13(16)7-11/h2-7H,8,17H2,1H3. The summed E-state index contributed by atoms with van der Waals surface area (Å²) in [6.07, 6.45) is 0. The zero-order valence-corrected chi connectivity index (χ0v) is 10.7. The molecule has 94 valence electrons. The smallest absolute Gasteiger partial charge is 0.145 e. The van der Waals surface area contributed by atoms with Crippen molar-refractivity contribution < 1.29 is 9.13 Å². The van der Waals surface area contributed by atoms with Gasteiger partial charge >= 0.3 is 0 Å². The van der Waals surface area contributed by atoms with Crippen LogP contribution in [0.15, 0.2) is 36.4 Å². The van der Waals surface area contributed by atoms with Crippen molar-refractivity contribution in [2.24, 2.45) is 5.73 Å². The molecular weight excluding hydrogens is 253 g/mol. The molecule has 2 nitrogen and oxygen atoms in total. The van der Waals surface area contributed by atoms with E-state index < -0.39 is 5.82 Å². The van der Waals surface area contributed by atoms with Crippen molar-refractivity contribution >= 4 is 11.6 Å². The Bertz CT molecular complexity index is 572. The average Bonchev–Trinajstić information content (AvgIpc) is 2.36. The van der Waals surface area contributed by atoms with Gasteiger partial charge in [0.05, 0.1) is 5.02 Å². The van der Waals surface area contributed by atoms with Gasteiger partial charge in [-0.1, -0.05) is 29.3 Å². The fraction of sp³-hybridized carbons (Fsp3) is 0.143. The van der Waals surface area contributed by atoms with E-state index in [0.717, 1.165) is 11.1 Å². The van der Waals surface area contributed by atoms with Crippen LogP contribution < -0.4 is 10.5 Å². The van der Waals surface area contributed by atoms with Gasteiger partial charge in [-0.05, 0) is 25.1 Å². The Kier molecular flexibility index (Phi) is 3.84. The highest BCUT2D eigenvalue weighted by Gasteiger charge is 2.06. The molecule has 2 rings (SSSR count). The summed E-state index contributed by atoms with van der Waals surface area (Å²) in [6, 6.07) is 10.0. The van der Waals surface area contributed by atoms with E-state index in [-0.39, 0.29) is 5.02 Å². The number of aryl methyl sites for hydroxylation is 1. The molecule has 0 fully saturated rings. The number of hydrogen-bond donors (Lipinski definition) is 1. The molecule has 0 saturated carbocycles. The predicted octanol–water partition coefficient (Wildman–Crippen LogP) is 4.04. The Hall–Kier alpha value is -1.58. The highest BCUT2D eigenvalue weighted by atomic mass is 35.5. The van der Waals surface area contributed by atoms with E-state index >= 15 is 0 Å². The molecule has 4 heteroatoms. The summed E-state index contributed by atoms with van der Waals surface area (Å²) in [4.78, 5) is 0.